The molecular formula is C18H28BrNS. The molecule has 118 valence electrons. The second-order valence-electron chi connectivity index (χ2n) is 7.17. The zero-order valence-corrected chi connectivity index (χ0v) is 15.6. The second kappa shape index (κ2) is 7.14. The molecule has 0 aromatic carbocycles. The van der Waals surface area contributed by atoms with Gasteiger partial charge in [-0.2, -0.15) is 0 Å². The van der Waals surface area contributed by atoms with Crippen LogP contribution in [-0.2, 0) is 6.42 Å². The van der Waals surface area contributed by atoms with Crippen molar-refractivity contribution in [2.45, 2.75) is 77.2 Å². The van der Waals surface area contributed by atoms with Gasteiger partial charge in [0.25, 0.3) is 0 Å². The minimum Gasteiger partial charge on any atom is -0.314 e. The lowest BCUT2D eigenvalue weighted by molar-refractivity contribution is 0.156. The maximum absolute atomic E-state index is 3.74. The van der Waals surface area contributed by atoms with E-state index in [1.807, 2.05) is 11.3 Å². The van der Waals surface area contributed by atoms with Gasteiger partial charge in [-0.15, -0.1) is 11.3 Å². The summed E-state index contributed by atoms with van der Waals surface area (Å²) >= 11 is 5.52. The quantitative estimate of drug-likeness (QED) is 0.635. The molecule has 3 rings (SSSR count). The SMILES string of the molecule is Cc1sc(Br)cc1CCC1(CCNC2CC2)CCCCC1. The van der Waals surface area contributed by atoms with E-state index in [-0.39, 0.29) is 0 Å². The summed E-state index contributed by atoms with van der Waals surface area (Å²) in [6.45, 7) is 3.52. The lowest BCUT2D eigenvalue weighted by atomic mass is 9.68. The van der Waals surface area contributed by atoms with Gasteiger partial charge in [-0.3, -0.25) is 0 Å². The van der Waals surface area contributed by atoms with E-state index in [0.29, 0.717) is 5.41 Å². The lowest BCUT2D eigenvalue weighted by Gasteiger charge is -2.38. The van der Waals surface area contributed by atoms with Crippen molar-refractivity contribution < 1.29 is 0 Å². The Morgan fingerprint density at radius 1 is 1.24 bits per heavy atom. The topological polar surface area (TPSA) is 12.0 Å². The van der Waals surface area contributed by atoms with Crippen LogP contribution in [0.5, 0.6) is 0 Å². The Labute approximate surface area is 142 Å². The maximum Gasteiger partial charge on any atom is 0.0704 e. The van der Waals surface area contributed by atoms with E-state index in [9.17, 15) is 0 Å². The molecule has 0 bridgehead atoms. The minimum absolute atomic E-state index is 0.626. The fourth-order valence-corrected chi connectivity index (χ4v) is 5.67. The van der Waals surface area contributed by atoms with Gasteiger partial charge in [0, 0.05) is 10.9 Å². The first-order valence-corrected chi connectivity index (χ1v) is 10.3. The predicted octanol–water partition coefficient (Wildman–Crippen LogP) is 5.84. The zero-order valence-electron chi connectivity index (χ0n) is 13.2. The van der Waals surface area contributed by atoms with E-state index in [1.165, 1.54) is 79.4 Å². The maximum atomic E-state index is 3.74. The van der Waals surface area contributed by atoms with Crippen LogP contribution < -0.4 is 5.32 Å². The third-order valence-electron chi connectivity index (χ3n) is 5.50. The van der Waals surface area contributed by atoms with Gasteiger partial charge in [0.1, 0.15) is 0 Å². The Hall–Kier alpha value is 0.140. The monoisotopic (exact) mass is 369 g/mol. The number of halogens is 1. The van der Waals surface area contributed by atoms with Crippen molar-refractivity contribution in [2.24, 2.45) is 5.41 Å². The standard InChI is InChI=1S/C18H28BrNS/c1-14-15(13-17(19)21-14)7-10-18(8-3-2-4-9-18)11-12-20-16-5-6-16/h13,16,20H,2-12H2,1H3. The van der Waals surface area contributed by atoms with Crippen molar-refractivity contribution in [1.29, 1.82) is 0 Å². The number of rotatable bonds is 7. The molecule has 21 heavy (non-hydrogen) atoms. The molecule has 0 atom stereocenters. The fraction of sp³-hybridized carbons (Fsp3) is 0.778. The van der Waals surface area contributed by atoms with Crippen LogP contribution in [0.25, 0.3) is 0 Å². The Bertz CT molecular complexity index is 458. The first-order valence-electron chi connectivity index (χ1n) is 8.65. The zero-order chi connectivity index (χ0) is 14.7. The Morgan fingerprint density at radius 3 is 2.62 bits per heavy atom. The smallest absolute Gasteiger partial charge is 0.0704 e. The van der Waals surface area contributed by atoms with Crippen molar-refractivity contribution in [1.82, 2.24) is 5.32 Å². The molecule has 1 aromatic rings. The highest BCUT2D eigenvalue weighted by Crippen LogP contribution is 2.43. The van der Waals surface area contributed by atoms with Crippen molar-refractivity contribution in [3.8, 4) is 0 Å². The normalized spacial score (nSPS) is 21.6. The van der Waals surface area contributed by atoms with Gasteiger partial charge >= 0.3 is 0 Å². The van der Waals surface area contributed by atoms with Gasteiger partial charge in [-0.25, -0.2) is 0 Å². The molecule has 2 aliphatic carbocycles. The van der Waals surface area contributed by atoms with Crippen molar-refractivity contribution >= 4 is 27.3 Å². The number of hydrogen-bond acceptors (Lipinski definition) is 2. The van der Waals surface area contributed by atoms with E-state index >= 15 is 0 Å². The second-order valence-corrected chi connectivity index (χ2v) is 9.81. The van der Waals surface area contributed by atoms with Gasteiger partial charge in [0.15, 0.2) is 0 Å². The van der Waals surface area contributed by atoms with Gasteiger partial charge in [0.2, 0.25) is 0 Å². The summed E-state index contributed by atoms with van der Waals surface area (Å²) in [6, 6.07) is 3.21. The summed E-state index contributed by atoms with van der Waals surface area (Å²) < 4.78 is 1.29. The number of nitrogens with one attached hydrogen (secondary N) is 1. The summed E-state index contributed by atoms with van der Waals surface area (Å²) in [5, 5.41) is 3.74. The van der Waals surface area contributed by atoms with Crippen LogP contribution >= 0.6 is 27.3 Å². The molecule has 0 unspecified atom stereocenters. The van der Waals surface area contributed by atoms with Gasteiger partial charge in [-0.05, 0) is 91.4 Å². The summed E-state index contributed by atoms with van der Waals surface area (Å²) in [5.74, 6) is 0. The third kappa shape index (κ3) is 4.56. The van der Waals surface area contributed by atoms with E-state index in [0.717, 1.165) is 6.04 Å². The molecule has 3 heteroatoms. The first kappa shape index (κ1) is 16.0. The predicted molar refractivity (Wildman–Crippen MR) is 96.2 cm³/mol. The molecule has 0 amide bonds. The lowest BCUT2D eigenvalue weighted by Crippen LogP contribution is -2.30. The molecule has 2 aliphatic rings. The fourth-order valence-electron chi connectivity index (χ4n) is 3.88. The molecule has 2 saturated carbocycles. The largest absolute Gasteiger partial charge is 0.314 e. The van der Waals surface area contributed by atoms with E-state index < -0.39 is 0 Å². The molecule has 2 fully saturated rings. The molecule has 1 nitrogen and oxygen atoms in total. The van der Waals surface area contributed by atoms with Crippen LogP contribution in [0.3, 0.4) is 0 Å². The highest BCUT2D eigenvalue weighted by atomic mass is 79.9. The van der Waals surface area contributed by atoms with Crippen LogP contribution in [0, 0.1) is 12.3 Å². The van der Waals surface area contributed by atoms with Crippen molar-refractivity contribution in [3.05, 3.63) is 20.3 Å². The van der Waals surface area contributed by atoms with Crippen molar-refractivity contribution in [2.75, 3.05) is 6.54 Å². The van der Waals surface area contributed by atoms with Crippen LogP contribution in [0.2, 0.25) is 0 Å². The van der Waals surface area contributed by atoms with Gasteiger partial charge in [0.05, 0.1) is 3.79 Å². The third-order valence-corrected chi connectivity index (χ3v) is 7.09. The highest BCUT2D eigenvalue weighted by molar-refractivity contribution is 9.11. The Morgan fingerprint density at radius 2 is 2.00 bits per heavy atom. The summed E-state index contributed by atoms with van der Waals surface area (Å²) in [5.41, 5.74) is 2.20. The number of hydrogen-bond donors (Lipinski definition) is 1. The molecule has 1 heterocycles. The average molecular weight is 370 g/mol. The van der Waals surface area contributed by atoms with Crippen LogP contribution in [0.4, 0.5) is 0 Å². The molecule has 0 aliphatic heterocycles. The first-order chi connectivity index (χ1) is 10.2. The number of aryl methyl sites for hydroxylation is 2. The summed E-state index contributed by atoms with van der Waals surface area (Å²) in [7, 11) is 0. The van der Waals surface area contributed by atoms with Crippen LogP contribution in [0.1, 0.15) is 68.2 Å². The van der Waals surface area contributed by atoms with E-state index in [1.54, 1.807) is 5.56 Å². The average Bonchev–Trinajstić information content (AvgIpc) is 3.23. The number of thiophene rings is 1. The van der Waals surface area contributed by atoms with E-state index in [2.05, 4.69) is 34.2 Å². The van der Waals surface area contributed by atoms with Gasteiger partial charge < -0.3 is 5.32 Å². The molecule has 1 aromatic heterocycles. The van der Waals surface area contributed by atoms with Crippen LogP contribution in [0.15, 0.2) is 9.85 Å². The summed E-state index contributed by atoms with van der Waals surface area (Å²) in [4.78, 5) is 1.50. The van der Waals surface area contributed by atoms with Crippen molar-refractivity contribution in [3.63, 3.8) is 0 Å². The minimum atomic E-state index is 0.626. The Kier molecular flexibility index (Phi) is 5.45. The Balaban J connectivity index is 1.56. The van der Waals surface area contributed by atoms with E-state index in [4.69, 9.17) is 0 Å². The molecule has 0 spiro atoms. The summed E-state index contributed by atoms with van der Waals surface area (Å²) in [6.07, 6.45) is 14.2. The molecular weight excluding hydrogens is 342 g/mol. The molecule has 0 radical (unpaired) electrons. The highest BCUT2D eigenvalue weighted by Gasteiger charge is 2.32. The van der Waals surface area contributed by atoms with Crippen LogP contribution in [-0.4, -0.2) is 12.6 Å². The molecule has 1 N–H and O–H groups in total. The van der Waals surface area contributed by atoms with Gasteiger partial charge in [-0.1, -0.05) is 19.3 Å². The molecule has 0 saturated heterocycles.